The molecule has 3 N–H and O–H groups in total. The molecule has 2 nitrogen and oxygen atoms in total. The molecule has 0 aromatic heterocycles. The Bertz CT molecular complexity index is 33.7. The van der Waals surface area contributed by atoms with Crippen molar-refractivity contribution >= 4 is 87.3 Å². The maximum absolute atomic E-state index is 7.00. The highest BCUT2D eigenvalue weighted by atomic mass is 35.8. The minimum absolute atomic E-state index is 0. The zero-order valence-electron chi connectivity index (χ0n) is 5.85. The van der Waals surface area contributed by atoms with E-state index < -0.39 is 6.73 Å². The second-order valence-electron chi connectivity index (χ2n) is 0.247. The van der Waals surface area contributed by atoms with Crippen LogP contribution in [0.25, 0.3) is 0 Å². The Balaban J connectivity index is -0.00000000218. The van der Waals surface area contributed by atoms with Gasteiger partial charge in [-0.25, -0.2) is 0 Å². The van der Waals surface area contributed by atoms with Gasteiger partial charge in [0.15, 0.2) is 0 Å². The number of hydrogen-bond acceptors (Lipinski definition) is 1. The average Bonchev–Trinajstić information content (AvgIpc) is 1.75. The molecular formula is C6H32Cl6O2Si2. The maximum Gasteiger partial charge on any atom is 0.326 e. The van der Waals surface area contributed by atoms with Gasteiger partial charge < -0.3 is 10.6 Å². The lowest BCUT2D eigenvalue weighted by molar-refractivity contribution is 0.399. The number of aliphatic hydroxyl groups excluding tert-OH is 1. The lowest BCUT2D eigenvalue weighted by atomic mass is 11.8. The van der Waals surface area contributed by atoms with Crippen LogP contribution in [0.4, 0.5) is 0 Å². The minimum atomic E-state index is -1.72. The van der Waals surface area contributed by atoms with Crippen molar-refractivity contribution in [3.63, 3.8) is 0 Å². The molecule has 0 unspecified atom stereocenters. The van der Waals surface area contributed by atoms with Gasteiger partial charge in [-0.1, -0.05) is 29.7 Å². The van der Waals surface area contributed by atoms with E-state index in [2.05, 4.69) is 11.6 Å². The summed E-state index contributed by atoms with van der Waals surface area (Å²) in [5.74, 6) is 0. The molecule has 0 aromatic carbocycles. The van der Waals surface area contributed by atoms with E-state index >= 15 is 0 Å². The van der Waals surface area contributed by atoms with Crippen LogP contribution >= 0.6 is 69.7 Å². The largest absolute Gasteiger partial charge is 0.412 e. The summed E-state index contributed by atoms with van der Waals surface area (Å²) in [6, 6.07) is 0. The number of hydrogen-bond donors (Lipinski definition) is 1. The zero-order chi connectivity index (χ0) is 7.58. The fourth-order valence-corrected chi connectivity index (χ4v) is 0. The normalized spacial score (nSPS) is 3.00. The monoisotopic (exact) mass is 402 g/mol. The Hall–Kier alpha value is 2.09. The first-order valence-electron chi connectivity index (χ1n) is 1.48. The fraction of sp³-hybridized carbons (Fsp3) is 1.00. The maximum atomic E-state index is 7.00. The SMILES string of the molecule is C.C.C.C.CCl.CO.Cl.Cl.Cl[SiH](Cl)Cl.O.[SiH4]. The Morgan fingerprint density at radius 2 is 0.750 bits per heavy atom. The quantitative estimate of drug-likeness (QED) is 0.376. The molecule has 0 radical (unpaired) electrons. The van der Waals surface area contributed by atoms with Crippen LogP contribution in [0.1, 0.15) is 29.7 Å². The van der Waals surface area contributed by atoms with E-state index in [-0.39, 0.29) is 71.0 Å². The first-order valence-corrected chi connectivity index (χ1v) is 7.47. The van der Waals surface area contributed by atoms with Gasteiger partial charge in [0.25, 0.3) is 0 Å². The molecular weight excluding hydrogens is 373 g/mol. The molecule has 0 fully saturated rings. The van der Waals surface area contributed by atoms with Crippen LogP contribution < -0.4 is 0 Å². The van der Waals surface area contributed by atoms with Crippen LogP contribution in [-0.4, -0.2) is 41.8 Å². The topological polar surface area (TPSA) is 51.7 Å². The second-order valence-corrected chi connectivity index (χ2v) is 6.68. The molecule has 0 atom stereocenters. The summed E-state index contributed by atoms with van der Waals surface area (Å²) in [6.07, 6.45) is 1.47. The number of rotatable bonds is 0. The molecule has 10 heteroatoms. The van der Waals surface area contributed by atoms with E-state index in [1.807, 2.05) is 0 Å². The van der Waals surface area contributed by atoms with Crippen molar-refractivity contribution in [3.8, 4) is 0 Å². The summed E-state index contributed by atoms with van der Waals surface area (Å²) in [5.41, 5.74) is 0. The molecule has 0 heterocycles. The third-order valence-electron chi connectivity index (χ3n) is 0. The Morgan fingerprint density at radius 1 is 0.750 bits per heavy atom. The summed E-state index contributed by atoms with van der Waals surface area (Å²) >= 11 is 19.5. The molecule has 0 saturated heterocycles. The molecule has 0 aliphatic rings. The van der Waals surface area contributed by atoms with Gasteiger partial charge >= 0.3 is 6.73 Å². The van der Waals surface area contributed by atoms with Crippen molar-refractivity contribution in [3.05, 3.63) is 0 Å². The van der Waals surface area contributed by atoms with Gasteiger partial charge in [-0.15, -0.1) is 69.7 Å². The molecule has 0 aliphatic heterocycles. The number of alkyl halides is 1. The Morgan fingerprint density at radius 3 is 0.750 bits per heavy atom. The highest BCUT2D eigenvalue weighted by Gasteiger charge is 1.85. The van der Waals surface area contributed by atoms with Crippen LogP contribution in [0.15, 0.2) is 0 Å². The molecule has 0 amide bonds. The van der Waals surface area contributed by atoms with Gasteiger partial charge in [-0.2, -0.15) is 0 Å². The number of halogens is 6. The summed E-state index contributed by atoms with van der Waals surface area (Å²) in [4.78, 5) is 0. The van der Waals surface area contributed by atoms with Crippen molar-refractivity contribution in [2.45, 2.75) is 29.7 Å². The van der Waals surface area contributed by atoms with Crippen LogP contribution in [0.5, 0.6) is 0 Å². The van der Waals surface area contributed by atoms with E-state index in [0.29, 0.717) is 0 Å². The van der Waals surface area contributed by atoms with Gasteiger partial charge in [-0.05, 0) is 11.0 Å². The van der Waals surface area contributed by atoms with Crippen molar-refractivity contribution in [1.29, 1.82) is 0 Å². The molecule has 16 heavy (non-hydrogen) atoms. The van der Waals surface area contributed by atoms with Gasteiger partial charge in [0, 0.05) is 13.5 Å². The van der Waals surface area contributed by atoms with E-state index in [1.165, 1.54) is 6.38 Å². The molecule has 0 spiro atoms. The number of aliphatic hydroxyl groups is 1. The van der Waals surface area contributed by atoms with Crippen molar-refractivity contribution in [2.75, 3.05) is 13.5 Å². The van der Waals surface area contributed by atoms with Gasteiger partial charge in [0.2, 0.25) is 0 Å². The predicted octanol–water partition coefficient (Wildman–Crippen LogP) is 3.00. The van der Waals surface area contributed by atoms with Crippen molar-refractivity contribution in [1.82, 2.24) is 0 Å². The van der Waals surface area contributed by atoms with Gasteiger partial charge in [-0.3, -0.25) is 0 Å². The molecule has 0 rings (SSSR count). The van der Waals surface area contributed by atoms with E-state index in [4.69, 9.17) is 38.3 Å². The van der Waals surface area contributed by atoms with Crippen LogP contribution in [0.3, 0.4) is 0 Å². The van der Waals surface area contributed by atoms with E-state index in [1.54, 1.807) is 0 Å². The van der Waals surface area contributed by atoms with Crippen molar-refractivity contribution < 1.29 is 10.6 Å². The summed E-state index contributed by atoms with van der Waals surface area (Å²) in [6.45, 7) is -1.72. The van der Waals surface area contributed by atoms with Crippen LogP contribution in [0, 0.1) is 0 Å². The lowest BCUT2D eigenvalue weighted by Crippen LogP contribution is -1.66. The summed E-state index contributed by atoms with van der Waals surface area (Å²) in [7, 11) is 1.00. The molecule has 0 bridgehead atoms. The Kier molecular flexibility index (Phi) is 1120. The van der Waals surface area contributed by atoms with Gasteiger partial charge in [0.05, 0.1) is 0 Å². The van der Waals surface area contributed by atoms with Crippen molar-refractivity contribution in [2.24, 2.45) is 0 Å². The minimum Gasteiger partial charge on any atom is -0.412 e. The highest BCUT2D eigenvalue weighted by molar-refractivity contribution is 7.54. The third kappa shape index (κ3) is 836. The lowest BCUT2D eigenvalue weighted by Gasteiger charge is -1.65. The molecule has 118 valence electrons. The summed E-state index contributed by atoms with van der Waals surface area (Å²) < 4.78 is 0. The smallest absolute Gasteiger partial charge is 0.326 e. The Labute approximate surface area is 140 Å². The van der Waals surface area contributed by atoms with Crippen LogP contribution in [0.2, 0.25) is 0 Å². The zero-order valence-corrected chi connectivity index (χ0v) is 11.7. The van der Waals surface area contributed by atoms with Gasteiger partial charge in [0.1, 0.15) is 0 Å². The molecule has 0 aromatic rings. The molecule has 0 saturated carbocycles. The second kappa shape index (κ2) is 171. The molecule has 0 aliphatic carbocycles. The third-order valence-corrected chi connectivity index (χ3v) is 0. The van der Waals surface area contributed by atoms with Crippen LogP contribution in [-0.2, 0) is 0 Å². The first-order chi connectivity index (χ1) is 3.73. The van der Waals surface area contributed by atoms with E-state index in [9.17, 15) is 0 Å². The predicted molar refractivity (Wildman–Crippen MR) is 101 cm³/mol. The summed E-state index contributed by atoms with van der Waals surface area (Å²) in [5, 5.41) is 7.00. The highest BCUT2D eigenvalue weighted by Crippen LogP contribution is 1.97. The standard InChI is InChI=1S/CH3Cl.CH4O.4CH4.Cl3HSi.2ClH.H2O.H4Si/c2*1-2;;;;;1-4(2)3;;;;/h1H3;2H,1H3;4*1H4;4H;2*1H;1H2;1H4. The fourth-order valence-electron chi connectivity index (χ4n) is 0. The first kappa shape index (κ1) is 105. The van der Waals surface area contributed by atoms with E-state index in [0.717, 1.165) is 7.11 Å². The average molecular weight is 405 g/mol.